The third kappa shape index (κ3) is 2.17. The topological polar surface area (TPSA) is 40.5 Å². The summed E-state index contributed by atoms with van der Waals surface area (Å²) in [5.74, 6) is -0.621. The third-order valence-corrected chi connectivity index (χ3v) is 4.10. The van der Waals surface area contributed by atoms with E-state index in [2.05, 4.69) is 39.6 Å². The molecule has 1 N–H and O–H groups in total. The Morgan fingerprint density at radius 3 is 2.20 bits per heavy atom. The molecule has 15 heavy (non-hydrogen) atoms. The predicted molar refractivity (Wildman–Crippen MR) is 60.8 cm³/mol. The summed E-state index contributed by atoms with van der Waals surface area (Å²) in [6, 6.07) is 0.484. The molecule has 0 bridgehead atoms. The van der Waals surface area contributed by atoms with Crippen molar-refractivity contribution in [3.63, 3.8) is 0 Å². The fourth-order valence-electron chi connectivity index (χ4n) is 2.23. The Bertz CT molecular complexity index is 260. The van der Waals surface area contributed by atoms with Crippen LogP contribution in [0, 0.1) is 10.8 Å². The van der Waals surface area contributed by atoms with Crippen molar-refractivity contribution in [2.45, 2.75) is 46.6 Å². The van der Waals surface area contributed by atoms with Crippen molar-refractivity contribution < 1.29 is 9.90 Å². The van der Waals surface area contributed by atoms with Crippen LogP contribution in [0.2, 0.25) is 0 Å². The number of aliphatic carboxylic acids is 1. The molecule has 3 heteroatoms. The fourth-order valence-corrected chi connectivity index (χ4v) is 2.23. The van der Waals surface area contributed by atoms with E-state index < -0.39 is 11.4 Å². The van der Waals surface area contributed by atoms with Gasteiger partial charge in [0.1, 0.15) is 0 Å². The van der Waals surface area contributed by atoms with Crippen LogP contribution in [0.1, 0.15) is 40.5 Å². The van der Waals surface area contributed by atoms with Crippen molar-refractivity contribution >= 4 is 5.97 Å². The number of hydrogen-bond acceptors (Lipinski definition) is 2. The van der Waals surface area contributed by atoms with Gasteiger partial charge in [0, 0.05) is 6.04 Å². The molecule has 3 nitrogen and oxygen atoms in total. The van der Waals surface area contributed by atoms with E-state index in [1.807, 2.05) is 0 Å². The maximum atomic E-state index is 11.3. The van der Waals surface area contributed by atoms with Gasteiger partial charge in [0.05, 0.1) is 5.41 Å². The Morgan fingerprint density at radius 2 is 1.93 bits per heavy atom. The Hall–Kier alpha value is -0.570. The second-order valence-electron chi connectivity index (χ2n) is 5.77. The molecule has 0 aromatic carbocycles. The molecule has 1 rings (SSSR count). The van der Waals surface area contributed by atoms with Crippen LogP contribution in [0.25, 0.3) is 0 Å². The Kier molecular flexibility index (Phi) is 3.15. The Labute approximate surface area is 92.5 Å². The predicted octanol–water partition coefficient (Wildman–Crippen LogP) is 2.22. The van der Waals surface area contributed by atoms with Gasteiger partial charge < -0.3 is 10.0 Å². The average molecular weight is 213 g/mol. The summed E-state index contributed by atoms with van der Waals surface area (Å²) in [5, 5.41) is 9.27. The minimum Gasteiger partial charge on any atom is -0.481 e. The molecule has 1 saturated carbocycles. The van der Waals surface area contributed by atoms with E-state index in [-0.39, 0.29) is 5.41 Å². The number of carboxylic acids is 1. The van der Waals surface area contributed by atoms with Crippen LogP contribution in [-0.2, 0) is 4.79 Å². The molecule has 1 aliphatic carbocycles. The summed E-state index contributed by atoms with van der Waals surface area (Å²) in [6.45, 7) is 9.23. The highest BCUT2D eigenvalue weighted by Crippen LogP contribution is 2.65. The van der Waals surface area contributed by atoms with Crippen LogP contribution < -0.4 is 0 Å². The van der Waals surface area contributed by atoms with E-state index in [9.17, 15) is 9.90 Å². The van der Waals surface area contributed by atoms with Gasteiger partial charge >= 0.3 is 5.97 Å². The molecule has 0 saturated heterocycles. The van der Waals surface area contributed by atoms with Gasteiger partial charge in [-0.05, 0) is 45.7 Å². The minimum atomic E-state index is -0.621. The molecule has 0 aromatic rings. The normalized spacial score (nSPS) is 28.5. The van der Waals surface area contributed by atoms with Crippen LogP contribution in [0.4, 0.5) is 0 Å². The molecular formula is C12H23NO2. The van der Waals surface area contributed by atoms with Crippen molar-refractivity contribution in [1.82, 2.24) is 4.90 Å². The summed E-state index contributed by atoms with van der Waals surface area (Å²) in [7, 11) is 2.05. The number of hydrogen-bond donors (Lipinski definition) is 1. The van der Waals surface area contributed by atoms with E-state index in [1.165, 1.54) is 0 Å². The van der Waals surface area contributed by atoms with Crippen LogP contribution in [0.15, 0.2) is 0 Å². The monoisotopic (exact) mass is 213 g/mol. The van der Waals surface area contributed by atoms with Crippen LogP contribution in [-0.4, -0.2) is 35.6 Å². The zero-order chi connectivity index (χ0) is 11.9. The SMILES string of the molecule is CC(C)N(C)CCC1(C(=O)O)CC1(C)C. The van der Waals surface area contributed by atoms with Crippen molar-refractivity contribution in [3.8, 4) is 0 Å². The number of rotatable bonds is 5. The lowest BCUT2D eigenvalue weighted by atomic mass is 9.92. The molecular weight excluding hydrogens is 190 g/mol. The second kappa shape index (κ2) is 3.78. The Balaban J connectivity index is 2.54. The minimum absolute atomic E-state index is 0.0172. The van der Waals surface area contributed by atoms with Gasteiger partial charge in [-0.2, -0.15) is 0 Å². The Morgan fingerprint density at radius 1 is 1.47 bits per heavy atom. The summed E-state index contributed by atoms with van der Waals surface area (Å²) in [4.78, 5) is 13.5. The molecule has 1 aliphatic rings. The molecule has 88 valence electrons. The molecule has 0 aromatic heterocycles. The van der Waals surface area contributed by atoms with Crippen molar-refractivity contribution in [2.75, 3.05) is 13.6 Å². The van der Waals surface area contributed by atoms with E-state index in [4.69, 9.17) is 0 Å². The van der Waals surface area contributed by atoms with Gasteiger partial charge in [0.25, 0.3) is 0 Å². The van der Waals surface area contributed by atoms with Gasteiger partial charge in [-0.15, -0.1) is 0 Å². The zero-order valence-corrected chi connectivity index (χ0v) is 10.5. The lowest BCUT2D eigenvalue weighted by Gasteiger charge is -2.24. The van der Waals surface area contributed by atoms with Crippen LogP contribution in [0.3, 0.4) is 0 Å². The maximum Gasteiger partial charge on any atom is 0.310 e. The maximum absolute atomic E-state index is 11.3. The van der Waals surface area contributed by atoms with Crippen molar-refractivity contribution in [2.24, 2.45) is 10.8 Å². The largest absolute Gasteiger partial charge is 0.481 e. The molecule has 1 atom stereocenters. The molecule has 0 heterocycles. The van der Waals surface area contributed by atoms with Gasteiger partial charge in [-0.3, -0.25) is 4.79 Å². The lowest BCUT2D eigenvalue weighted by Crippen LogP contribution is -2.32. The highest BCUT2D eigenvalue weighted by atomic mass is 16.4. The van der Waals surface area contributed by atoms with Crippen LogP contribution >= 0.6 is 0 Å². The highest BCUT2D eigenvalue weighted by Gasteiger charge is 2.66. The first-order chi connectivity index (χ1) is 6.73. The van der Waals surface area contributed by atoms with Gasteiger partial charge in [0.2, 0.25) is 0 Å². The molecule has 0 spiro atoms. The van der Waals surface area contributed by atoms with E-state index in [1.54, 1.807) is 0 Å². The van der Waals surface area contributed by atoms with Crippen molar-refractivity contribution in [1.29, 1.82) is 0 Å². The number of carboxylic acid groups (broad SMARTS) is 1. The lowest BCUT2D eigenvalue weighted by molar-refractivity contribution is -0.145. The molecule has 1 fully saturated rings. The third-order valence-electron chi connectivity index (χ3n) is 4.10. The fraction of sp³-hybridized carbons (Fsp3) is 0.917. The first kappa shape index (κ1) is 12.5. The molecule has 1 unspecified atom stereocenters. The molecule has 0 amide bonds. The molecule has 0 radical (unpaired) electrons. The van der Waals surface area contributed by atoms with Crippen LogP contribution in [0.5, 0.6) is 0 Å². The van der Waals surface area contributed by atoms with E-state index >= 15 is 0 Å². The summed E-state index contributed by atoms with van der Waals surface area (Å²) in [6.07, 6.45) is 1.59. The van der Waals surface area contributed by atoms with Gasteiger partial charge in [-0.25, -0.2) is 0 Å². The quantitative estimate of drug-likeness (QED) is 0.761. The average Bonchev–Trinajstić information content (AvgIpc) is 2.65. The second-order valence-corrected chi connectivity index (χ2v) is 5.77. The summed E-state index contributed by atoms with van der Waals surface area (Å²) >= 11 is 0. The van der Waals surface area contributed by atoms with E-state index in [0.717, 1.165) is 19.4 Å². The smallest absolute Gasteiger partial charge is 0.310 e. The van der Waals surface area contributed by atoms with Crippen molar-refractivity contribution in [3.05, 3.63) is 0 Å². The number of nitrogens with zero attached hydrogens (tertiary/aromatic N) is 1. The van der Waals surface area contributed by atoms with E-state index in [0.29, 0.717) is 6.04 Å². The number of carbonyl (C=O) groups is 1. The summed E-state index contributed by atoms with van der Waals surface area (Å²) < 4.78 is 0. The summed E-state index contributed by atoms with van der Waals surface area (Å²) in [5.41, 5.74) is -0.479. The first-order valence-corrected chi connectivity index (χ1v) is 5.66. The van der Waals surface area contributed by atoms with Gasteiger partial charge in [0.15, 0.2) is 0 Å². The zero-order valence-electron chi connectivity index (χ0n) is 10.5. The first-order valence-electron chi connectivity index (χ1n) is 5.66. The van der Waals surface area contributed by atoms with Gasteiger partial charge in [-0.1, -0.05) is 13.8 Å². The highest BCUT2D eigenvalue weighted by molar-refractivity contribution is 5.79. The molecule has 0 aliphatic heterocycles. The standard InChI is InChI=1S/C12H23NO2/c1-9(2)13(5)7-6-12(10(14)15)8-11(12,3)4/h9H,6-8H2,1-5H3,(H,14,15).